The number of phenols is 1. The highest BCUT2D eigenvalue weighted by atomic mass is 16.5. The minimum atomic E-state index is 0. The molecule has 1 aromatic rings. The Kier molecular flexibility index (Phi) is 5.45. The van der Waals surface area contributed by atoms with Gasteiger partial charge in [-0.2, -0.15) is 0 Å². The zero-order valence-corrected chi connectivity index (χ0v) is 9.72. The third-order valence-electron chi connectivity index (χ3n) is 2.93. The predicted molar refractivity (Wildman–Crippen MR) is 70.3 cm³/mol. The zero-order chi connectivity index (χ0) is 11.4. The molecule has 2 rings (SSSR count). The van der Waals surface area contributed by atoms with E-state index in [1.807, 2.05) is 12.1 Å². The van der Waals surface area contributed by atoms with Gasteiger partial charge in [0.15, 0.2) is 0 Å². The normalized spacial score (nSPS) is 20.9. The molecule has 1 atom stereocenters. The van der Waals surface area contributed by atoms with Crippen molar-refractivity contribution in [1.29, 1.82) is 0 Å². The van der Waals surface area contributed by atoms with Crippen molar-refractivity contribution >= 4 is 0 Å². The second-order valence-corrected chi connectivity index (χ2v) is 4.26. The maximum atomic E-state index is 9.44. The van der Waals surface area contributed by atoms with Gasteiger partial charge in [-0.05, 0) is 30.7 Å². The van der Waals surface area contributed by atoms with E-state index in [9.17, 15) is 5.11 Å². The van der Waals surface area contributed by atoms with Gasteiger partial charge in [-0.15, -0.1) is 0 Å². The van der Waals surface area contributed by atoms with Crippen LogP contribution in [0.2, 0.25) is 0 Å². The highest BCUT2D eigenvalue weighted by Crippen LogP contribution is 2.24. The SMILES string of the molecule is C.CCCN1CCO[C@H](c2cccc(O)c2)C1. The number of aromatic hydroxyl groups is 1. The van der Waals surface area contributed by atoms with Crippen LogP contribution in [0.5, 0.6) is 5.75 Å². The molecule has 17 heavy (non-hydrogen) atoms. The van der Waals surface area contributed by atoms with E-state index in [-0.39, 0.29) is 13.5 Å². The first kappa shape index (κ1) is 14.0. The summed E-state index contributed by atoms with van der Waals surface area (Å²) in [6, 6.07) is 7.36. The van der Waals surface area contributed by atoms with Crippen LogP contribution in [0.15, 0.2) is 24.3 Å². The van der Waals surface area contributed by atoms with Gasteiger partial charge in [0.1, 0.15) is 5.75 Å². The second-order valence-electron chi connectivity index (χ2n) is 4.26. The maximum Gasteiger partial charge on any atom is 0.115 e. The minimum Gasteiger partial charge on any atom is -0.508 e. The third kappa shape index (κ3) is 3.72. The van der Waals surface area contributed by atoms with Crippen molar-refractivity contribution in [2.24, 2.45) is 0 Å². The molecular formula is C14H23NO2. The first-order valence-corrected chi connectivity index (χ1v) is 5.92. The molecule has 1 heterocycles. The number of ether oxygens (including phenoxy) is 1. The Morgan fingerprint density at radius 1 is 1.47 bits per heavy atom. The zero-order valence-electron chi connectivity index (χ0n) is 9.72. The maximum absolute atomic E-state index is 9.44. The lowest BCUT2D eigenvalue weighted by Crippen LogP contribution is -2.38. The smallest absolute Gasteiger partial charge is 0.115 e. The largest absolute Gasteiger partial charge is 0.508 e. The van der Waals surface area contributed by atoms with Crippen LogP contribution in [0.3, 0.4) is 0 Å². The molecule has 0 radical (unpaired) electrons. The van der Waals surface area contributed by atoms with Crippen molar-refractivity contribution in [3.05, 3.63) is 29.8 Å². The Balaban J connectivity index is 0.00000144. The van der Waals surface area contributed by atoms with Gasteiger partial charge in [0.05, 0.1) is 12.7 Å². The highest BCUT2D eigenvalue weighted by molar-refractivity contribution is 5.29. The van der Waals surface area contributed by atoms with Crippen LogP contribution in [0.25, 0.3) is 0 Å². The molecule has 3 nitrogen and oxygen atoms in total. The predicted octanol–water partition coefficient (Wildman–Crippen LogP) is 2.81. The Morgan fingerprint density at radius 3 is 3.00 bits per heavy atom. The number of benzene rings is 1. The van der Waals surface area contributed by atoms with Crippen molar-refractivity contribution in [2.45, 2.75) is 26.9 Å². The van der Waals surface area contributed by atoms with Gasteiger partial charge in [0, 0.05) is 13.1 Å². The number of rotatable bonds is 3. The summed E-state index contributed by atoms with van der Waals surface area (Å²) in [6.07, 6.45) is 1.28. The number of hydrogen-bond acceptors (Lipinski definition) is 3. The van der Waals surface area contributed by atoms with E-state index < -0.39 is 0 Å². The van der Waals surface area contributed by atoms with E-state index in [2.05, 4.69) is 11.8 Å². The fourth-order valence-electron chi connectivity index (χ4n) is 2.15. The summed E-state index contributed by atoms with van der Waals surface area (Å²) in [6.45, 7) is 6.04. The van der Waals surface area contributed by atoms with E-state index in [4.69, 9.17) is 4.74 Å². The molecule has 0 aliphatic carbocycles. The quantitative estimate of drug-likeness (QED) is 0.877. The first-order chi connectivity index (χ1) is 7.79. The van der Waals surface area contributed by atoms with Crippen molar-refractivity contribution in [3.63, 3.8) is 0 Å². The topological polar surface area (TPSA) is 32.7 Å². The molecule has 1 saturated heterocycles. The van der Waals surface area contributed by atoms with Crippen LogP contribution >= 0.6 is 0 Å². The van der Waals surface area contributed by atoms with Crippen molar-refractivity contribution in [2.75, 3.05) is 26.2 Å². The van der Waals surface area contributed by atoms with Gasteiger partial charge in [-0.3, -0.25) is 4.90 Å². The first-order valence-electron chi connectivity index (χ1n) is 5.92. The lowest BCUT2D eigenvalue weighted by molar-refractivity contribution is -0.0299. The number of nitrogens with zero attached hydrogens (tertiary/aromatic N) is 1. The Bertz CT molecular complexity index is 339. The molecule has 3 heteroatoms. The average molecular weight is 237 g/mol. The Labute approximate surface area is 104 Å². The molecule has 0 unspecified atom stereocenters. The monoisotopic (exact) mass is 237 g/mol. The van der Waals surface area contributed by atoms with Crippen LogP contribution in [0, 0.1) is 0 Å². The molecule has 1 aliphatic rings. The third-order valence-corrected chi connectivity index (χ3v) is 2.93. The van der Waals surface area contributed by atoms with Crippen LogP contribution in [0.4, 0.5) is 0 Å². The molecular weight excluding hydrogens is 214 g/mol. The second kappa shape index (κ2) is 6.62. The summed E-state index contributed by atoms with van der Waals surface area (Å²) >= 11 is 0. The molecule has 0 saturated carbocycles. The molecule has 1 aromatic carbocycles. The summed E-state index contributed by atoms with van der Waals surface area (Å²) in [7, 11) is 0. The van der Waals surface area contributed by atoms with E-state index in [1.54, 1.807) is 12.1 Å². The standard InChI is InChI=1S/C13H19NO2.CH4/c1-2-6-14-7-8-16-13(10-14)11-4-3-5-12(15)9-11;/h3-5,9,13,15H,2,6-8,10H2,1H3;1H4/t13-;/m0./s1. The molecule has 0 bridgehead atoms. The molecule has 0 amide bonds. The summed E-state index contributed by atoms with van der Waals surface area (Å²) in [5, 5.41) is 9.44. The lowest BCUT2D eigenvalue weighted by Gasteiger charge is -2.32. The Hall–Kier alpha value is -1.06. The van der Waals surface area contributed by atoms with Gasteiger partial charge < -0.3 is 9.84 Å². The lowest BCUT2D eigenvalue weighted by atomic mass is 10.1. The number of morpholine rings is 1. The fraction of sp³-hybridized carbons (Fsp3) is 0.571. The molecule has 1 N–H and O–H groups in total. The van der Waals surface area contributed by atoms with Crippen LogP contribution in [-0.2, 0) is 4.74 Å². The summed E-state index contributed by atoms with van der Waals surface area (Å²) in [5.41, 5.74) is 1.07. The van der Waals surface area contributed by atoms with Gasteiger partial charge in [-0.25, -0.2) is 0 Å². The van der Waals surface area contributed by atoms with Crippen LogP contribution < -0.4 is 0 Å². The average Bonchev–Trinajstić information content (AvgIpc) is 2.30. The van der Waals surface area contributed by atoms with Crippen molar-refractivity contribution < 1.29 is 9.84 Å². The van der Waals surface area contributed by atoms with Gasteiger partial charge in [0.25, 0.3) is 0 Å². The number of hydrogen-bond donors (Lipinski definition) is 1. The molecule has 96 valence electrons. The number of phenolic OH excluding ortho intramolecular Hbond substituents is 1. The van der Waals surface area contributed by atoms with Crippen molar-refractivity contribution in [1.82, 2.24) is 4.90 Å². The van der Waals surface area contributed by atoms with E-state index >= 15 is 0 Å². The van der Waals surface area contributed by atoms with Crippen LogP contribution in [0.1, 0.15) is 32.4 Å². The fourth-order valence-corrected chi connectivity index (χ4v) is 2.15. The van der Waals surface area contributed by atoms with Crippen LogP contribution in [-0.4, -0.2) is 36.2 Å². The Morgan fingerprint density at radius 2 is 2.29 bits per heavy atom. The molecule has 1 fully saturated rings. The van der Waals surface area contributed by atoms with Gasteiger partial charge in [0.2, 0.25) is 0 Å². The van der Waals surface area contributed by atoms with Crippen molar-refractivity contribution in [3.8, 4) is 5.75 Å². The highest BCUT2D eigenvalue weighted by Gasteiger charge is 2.21. The molecule has 0 spiro atoms. The van der Waals surface area contributed by atoms with Gasteiger partial charge >= 0.3 is 0 Å². The summed E-state index contributed by atoms with van der Waals surface area (Å²) < 4.78 is 5.74. The molecule has 0 aromatic heterocycles. The van der Waals surface area contributed by atoms with E-state index in [0.717, 1.165) is 31.8 Å². The minimum absolute atomic E-state index is 0. The molecule has 1 aliphatic heterocycles. The van der Waals surface area contributed by atoms with E-state index in [1.165, 1.54) is 6.42 Å². The summed E-state index contributed by atoms with van der Waals surface area (Å²) in [4.78, 5) is 2.41. The summed E-state index contributed by atoms with van der Waals surface area (Å²) in [5.74, 6) is 0.314. The van der Waals surface area contributed by atoms with Gasteiger partial charge in [-0.1, -0.05) is 26.5 Å². The van der Waals surface area contributed by atoms with E-state index in [0.29, 0.717) is 5.75 Å².